The number of anilines is 1. The smallest absolute Gasteiger partial charge is 0.221 e. The molecular weight excluding hydrogens is 265 g/mol. The Morgan fingerprint density at radius 1 is 1.59 bits per heavy atom. The average Bonchev–Trinajstić information content (AvgIpc) is 2.29. The molecule has 0 fully saturated rings. The summed E-state index contributed by atoms with van der Waals surface area (Å²) < 4.78 is 18.2. The van der Waals surface area contributed by atoms with Crippen LogP contribution < -0.4 is 5.32 Å². The number of ether oxygens (including phenoxy) is 1. The summed E-state index contributed by atoms with van der Waals surface area (Å²) in [6.45, 7) is 1.30. The van der Waals surface area contributed by atoms with E-state index in [1.807, 2.05) is 0 Å². The third-order valence-corrected chi connectivity index (χ3v) is 2.98. The zero-order valence-electron chi connectivity index (χ0n) is 9.29. The molecule has 92 valence electrons. The minimum atomic E-state index is -0.664. The van der Waals surface area contributed by atoms with Crippen LogP contribution in [0.4, 0.5) is 10.1 Å². The zero-order chi connectivity index (χ0) is 13.0. The van der Waals surface area contributed by atoms with E-state index in [4.69, 9.17) is 28.6 Å². The average molecular weight is 276 g/mol. The quantitative estimate of drug-likeness (QED) is 0.681. The van der Waals surface area contributed by atoms with Gasteiger partial charge in [-0.1, -0.05) is 6.07 Å². The molecule has 3 nitrogen and oxygen atoms in total. The topological polar surface area (TPSA) is 38.3 Å². The summed E-state index contributed by atoms with van der Waals surface area (Å²) in [5.41, 5.74) is 0.628. The molecule has 0 bridgehead atoms. The number of alkyl halides is 1. The van der Waals surface area contributed by atoms with Crippen LogP contribution in [0.5, 0.6) is 0 Å². The summed E-state index contributed by atoms with van der Waals surface area (Å²) in [5, 5.41) is 1.89. The monoisotopic (exact) mass is 275 g/mol. The van der Waals surface area contributed by atoms with Crippen molar-refractivity contribution in [1.29, 1.82) is 0 Å². The van der Waals surface area contributed by atoms with Gasteiger partial charge < -0.3 is 10.1 Å². The number of thiocarbonyl (C=S) groups is 1. The van der Waals surface area contributed by atoms with Crippen LogP contribution in [0.1, 0.15) is 17.9 Å². The van der Waals surface area contributed by atoms with Gasteiger partial charge in [0.1, 0.15) is 11.2 Å². The number of methoxy groups -OCH3 is 1. The standard InChI is InChI=1S/C11H11ClFNO2S/c1-6(15)14-9-5-7(3-4-8(9)13)10(12)11(17)16-2/h3-5,10H,1-2H3,(H,14,15). The predicted molar refractivity (Wildman–Crippen MR) is 68.9 cm³/mol. The second-order valence-electron chi connectivity index (χ2n) is 3.31. The van der Waals surface area contributed by atoms with Crippen molar-refractivity contribution in [2.45, 2.75) is 12.3 Å². The number of carbonyl (C=O) groups excluding carboxylic acids is 1. The summed E-state index contributed by atoms with van der Waals surface area (Å²) in [7, 11) is 1.41. The van der Waals surface area contributed by atoms with E-state index in [1.54, 1.807) is 0 Å². The molecule has 0 heterocycles. The number of rotatable bonds is 3. The Morgan fingerprint density at radius 3 is 2.76 bits per heavy atom. The lowest BCUT2D eigenvalue weighted by atomic mass is 10.1. The molecular formula is C11H11ClFNO2S. The molecule has 1 N–H and O–H groups in total. The predicted octanol–water partition coefficient (Wildman–Crippen LogP) is 3.04. The Morgan fingerprint density at radius 2 is 2.24 bits per heavy atom. The van der Waals surface area contributed by atoms with Gasteiger partial charge in [0, 0.05) is 6.92 Å². The highest BCUT2D eigenvalue weighted by molar-refractivity contribution is 7.80. The van der Waals surface area contributed by atoms with Crippen molar-refractivity contribution in [2.24, 2.45) is 0 Å². The van der Waals surface area contributed by atoms with E-state index in [0.717, 1.165) is 0 Å². The molecule has 17 heavy (non-hydrogen) atoms. The van der Waals surface area contributed by atoms with Gasteiger partial charge in [-0.2, -0.15) is 0 Å². The Bertz CT molecular complexity index is 453. The molecule has 1 rings (SSSR count). The molecule has 1 amide bonds. The number of hydrogen-bond donors (Lipinski definition) is 1. The SMILES string of the molecule is COC(=S)C(Cl)c1ccc(F)c(NC(C)=O)c1. The molecule has 0 spiro atoms. The summed E-state index contributed by atoms with van der Waals surface area (Å²) in [6, 6.07) is 4.14. The zero-order valence-corrected chi connectivity index (χ0v) is 10.9. The molecule has 0 aliphatic carbocycles. The molecule has 0 aliphatic heterocycles. The normalized spacial score (nSPS) is 11.8. The molecule has 0 saturated heterocycles. The lowest BCUT2D eigenvalue weighted by Crippen LogP contribution is -2.10. The molecule has 1 aromatic carbocycles. The Labute approximate surface area is 109 Å². The first-order chi connectivity index (χ1) is 7.95. The van der Waals surface area contributed by atoms with Crippen LogP contribution >= 0.6 is 23.8 Å². The molecule has 6 heteroatoms. The van der Waals surface area contributed by atoms with E-state index in [-0.39, 0.29) is 16.6 Å². The highest BCUT2D eigenvalue weighted by atomic mass is 35.5. The molecule has 1 atom stereocenters. The maximum Gasteiger partial charge on any atom is 0.221 e. The fourth-order valence-electron chi connectivity index (χ4n) is 1.23. The number of halogens is 2. The van der Waals surface area contributed by atoms with Crippen molar-refractivity contribution < 1.29 is 13.9 Å². The third-order valence-electron chi connectivity index (χ3n) is 2.00. The molecule has 0 saturated carbocycles. The van der Waals surface area contributed by atoms with Crippen molar-refractivity contribution in [3.05, 3.63) is 29.6 Å². The number of hydrogen-bond acceptors (Lipinski definition) is 3. The highest BCUT2D eigenvalue weighted by Gasteiger charge is 2.16. The molecule has 1 unspecified atom stereocenters. The number of amides is 1. The van der Waals surface area contributed by atoms with E-state index in [0.29, 0.717) is 5.56 Å². The van der Waals surface area contributed by atoms with Crippen molar-refractivity contribution in [3.8, 4) is 0 Å². The van der Waals surface area contributed by atoms with Crippen molar-refractivity contribution in [1.82, 2.24) is 0 Å². The summed E-state index contributed by atoms with van der Waals surface area (Å²) in [6.07, 6.45) is 0. The summed E-state index contributed by atoms with van der Waals surface area (Å²) in [5.74, 6) is -0.891. The van der Waals surface area contributed by atoms with Crippen LogP contribution in [0, 0.1) is 5.82 Å². The third kappa shape index (κ3) is 3.64. The Balaban J connectivity index is 3.03. The van der Waals surface area contributed by atoms with Gasteiger partial charge in [-0.25, -0.2) is 4.39 Å². The van der Waals surface area contributed by atoms with Crippen molar-refractivity contribution >= 4 is 40.5 Å². The van der Waals surface area contributed by atoms with Crippen LogP contribution in [-0.2, 0) is 9.53 Å². The first-order valence-corrected chi connectivity index (χ1v) is 5.59. The fraction of sp³-hybridized carbons (Fsp3) is 0.273. The number of nitrogens with one attached hydrogen (secondary N) is 1. The fourth-order valence-corrected chi connectivity index (χ4v) is 1.59. The van der Waals surface area contributed by atoms with Crippen LogP contribution in [0.25, 0.3) is 0 Å². The highest BCUT2D eigenvalue weighted by Crippen LogP contribution is 2.26. The van der Waals surface area contributed by atoms with Gasteiger partial charge in [-0.15, -0.1) is 11.6 Å². The van der Waals surface area contributed by atoms with Gasteiger partial charge in [0.15, 0.2) is 5.05 Å². The molecule has 0 aliphatic rings. The summed E-state index contributed by atoms with van der Waals surface area (Å²) >= 11 is 10.9. The second-order valence-corrected chi connectivity index (χ2v) is 4.14. The van der Waals surface area contributed by atoms with Gasteiger partial charge in [-0.05, 0) is 29.9 Å². The van der Waals surface area contributed by atoms with Gasteiger partial charge in [0.05, 0.1) is 12.8 Å². The summed E-state index contributed by atoms with van der Waals surface area (Å²) in [4.78, 5) is 10.9. The van der Waals surface area contributed by atoms with E-state index < -0.39 is 11.2 Å². The van der Waals surface area contributed by atoms with E-state index >= 15 is 0 Å². The first kappa shape index (κ1) is 13.9. The van der Waals surface area contributed by atoms with Crippen LogP contribution in [0.3, 0.4) is 0 Å². The molecule has 1 aromatic rings. The first-order valence-electron chi connectivity index (χ1n) is 4.74. The van der Waals surface area contributed by atoms with E-state index in [2.05, 4.69) is 5.32 Å². The minimum absolute atomic E-state index is 0.0690. The molecule has 0 aromatic heterocycles. The Hall–Kier alpha value is -1.20. The lowest BCUT2D eigenvalue weighted by molar-refractivity contribution is -0.114. The maximum atomic E-state index is 13.4. The maximum absolute atomic E-state index is 13.4. The Kier molecular flexibility index (Phi) is 4.84. The van der Waals surface area contributed by atoms with Gasteiger partial charge in [0.2, 0.25) is 5.91 Å². The second kappa shape index (κ2) is 5.93. The van der Waals surface area contributed by atoms with E-state index in [9.17, 15) is 9.18 Å². The van der Waals surface area contributed by atoms with Crippen LogP contribution in [0.2, 0.25) is 0 Å². The lowest BCUT2D eigenvalue weighted by Gasteiger charge is -2.12. The van der Waals surface area contributed by atoms with Gasteiger partial charge in [0.25, 0.3) is 0 Å². The van der Waals surface area contributed by atoms with Crippen molar-refractivity contribution in [3.63, 3.8) is 0 Å². The number of benzene rings is 1. The van der Waals surface area contributed by atoms with Crippen molar-refractivity contribution in [2.75, 3.05) is 12.4 Å². The van der Waals surface area contributed by atoms with Crippen LogP contribution in [-0.4, -0.2) is 18.1 Å². The van der Waals surface area contributed by atoms with E-state index in [1.165, 1.54) is 32.2 Å². The van der Waals surface area contributed by atoms with Crippen LogP contribution in [0.15, 0.2) is 18.2 Å². The van der Waals surface area contributed by atoms with Gasteiger partial charge >= 0.3 is 0 Å². The van der Waals surface area contributed by atoms with Gasteiger partial charge in [-0.3, -0.25) is 4.79 Å². The minimum Gasteiger partial charge on any atom is -0.488 e. The number of carbonyl (C=O) groups is 1. The molecule has 0 radical (unpaired) electrons. The largest absolute Gasteiger partial charge is 0.488 e.